The van der Waals surface area contributed by atoms with Crippen LogP contribution < -0.4 is 5.32 Å². The van der Waals surface area contributed by atoms with Crippen LogP contribution in [0.5, 0.6) is 0 Å². The summed E-state index contributed by atoms with van der Waals surface area (Å²) in [6.07, 6.45) is 4.35. The lowest BCUT2D eigenvalue weighted by Crippen LogP contribution is -2.41. The molecule has 0 aliphatic heterocycles. The maximum absolute atomic E-state index is 10.5. The van der Waals surface area contributed by atoms with Crippen molar-refractivity contribution in [2.75, 3.05) is 6.54 Å². The van der Waals surface area contributed by atoms with E-state index in [1.165, 1.54) is 0 Å². The van der Waals surface area contributed by atoms with Gasteiger partial charge in [-0.1, -0.05) is 30.3 Å². The van der Waals surface area contributed by atoms with E-state index in [0.717, 1.165) is 11.1 Å². The first-order valence-electron chi connectivity index (χ1n) is 7.23. The van der Waals surface area contributed by atoms with E-state index >= 15 is 0 Å². The van der Waals surface area contributed by atoms with Gasteiger partial charge >= 0.3 is 0 Å². The van der Waals surface area contributed by atoms with Crippen LogP contribution in [0.1, 0.15) is 11.1 Å². The molecule has 0 unspecified atom stereocenters. The van der Waals surface area contributed by atoms with E-state index in [9.17, 15) is 4.79 Å². The van der Waals surface area contributed by atoms with E-state index in [1.807, 2.05) is 42.5 Å². The third kappa shape index (κ3) is 5.03. The molecule has 0 saturated heterocycles. The van der Waals surface area contributed by atoms with Gasteiger partial charge in [-0.15, -0.1) is 0 Å². The van der Waals surface area contributed by atoms with Gasteiger partial charge in [-0.3, -0.25) is 20.6 Å². The number of hydrogen-bond acceptors (Lipinski definition) is 4. The van der Waals surface area contributed by atoms with Crippen LogP contribution in [-0.4, -0.2) is 34.5 Å². The molecule has 1 heterocycles. The first-order chi connectivity index (χ1) is 11.2. The molecule has 6 heteroatoms. The molecule has 1 aromatic heterocycles. The van der Waals surface area contributed by atoms with Gasteiger partial charge in [-0.2, -0.15) is 0 Å². The van der Waals surface area contributed by atoms with Gasteiger partial charge in [-0.05, 0) is 23.3 Å². The Kier molecular flexibility index (Phi) is 5.99. The Bertz CT molecular complexity index is 657. The van der Waals surface area contributed by atoms with Gasteiger partial charge in [0.2, 0.25) is 6.41 Å². The fourth-order valence-electron chi connectivity index (χ4n) is 2.14. The number of nitrogens with one attached hydrogen (secondary N) is 3. The highest BCUT2D eigenvalue weighted by Crippen LogP contribution is 2.08. The van der Waals surface area contributed by atoms with Gasteiger partial charge in [0, 0.05) is 18.8 Å². The largest absolute Gasteiger partial charge is 0.351 e. The van der Waals surface area contributed by atoms with Crippen LogP contribution >= 0.6 is 0 Å². The first kappa shape index (κ1) is 16.4. The summed E-state index contributed by atoms with van der Waals surface area (Å²) in [5.41, 5.74) is 1.96. The molecule has 0 spiro atoms. The van der Waals surface area contributed by atoms with Gasteiger partial charge in [-0.25, -0.2) is 0 Å². The second-order valence-electron chi connectivity index (χ2n) is 5.00. The second-order valence-corrected chi connectivity index (χ2v) is 5.00. The van der Waals surface area contributed by atoms with Crippen molar-refractivity contribution in [3.63, 3.8) is 0 Å². The maximum Gasteiger partial charge on any atom is 0.207 e. The molecule has 1 amide bonds. The maximum atomic E-state index is 10.5. The van der Waals surface area contributed by atoms with Crippen LogP contribution in [0.3, 0.4) is 0 Å². The Morgan fingerprint density at radius 2 is 1.74 bits per heavy atom. The zero-order chi connectivity index (χ0) is 16.5. The van der Waals surface area contributed by atoms with Crippen LogP contribution in [-0.2, 0) is 17.8 Å². The van der Waals surface area contributed by atoms with Gasteiger partial charge in [0.15, 0.2) is 0 Å². The van der Waals surface area contributed by atoms with Gasteiger partial charge in [0.1, 0.15) is 11.7 Å². The summed E-state index contributed by atoms with van der Waals surface area (Å²) in [5, 5.41) is 19.0. The summed E-state index contributed by atoms with van der Waals surface area (Å²) in [6, 6.07) is 13.4. The lowest BCUT2D eigenvalue weighted by atomic mass is 10.1. The minimum absolute atomic E-state index is 0.0890. The van der Waals surface area contributed by atoms with E-state index in [4.69, 9.17) is 10.8 Å². The van der Waals surface area contributed by atoms with Crippen molar-refractivity contribution >= 4 is 18.1 Å². The summed E-state index contributed by atoms with van der Waals surface area (Å²) >= 11 is 0. The van der Waals surface area contributed by atoms with Crippen LogP contribution in [0, 0.1) is 10.8 Å². The molecule has 2 rings (SSSR count). The van der Waals surface area contributed by atoms with Gasteiger partial charge in [0.05, 0.1) is 13.1 Å². The third-order valence-electron chi connectivity index (χ3n) is 3.31. The molecule has 0 saturated carbocycles. The number of aromatic nitrogens is 1. The van der Waals surface area contributed by atoms with Gasteiger partial charge < -0.3 is 10.2 Å². The molecule has 2 aromatic rings. The monoisotopic (exact) mass is 309 g/mol. The van der Waals surface area contributed by atoms with Crippen LogP contribution in [0.25, 0.3) is 0 Å². The Labute approximate surface area is 135 Å². The van der Waals surface area contributed by atoms with Crippen molar-refractivity contribution < 1.29 is 4.79 Å². The number of pyridine rings is 1. The Morgan fingerprint density at radius 1 is 1.04 bits per heavy atom. The fourth-order valence-corrected chi connectivity index (χ4v) is 2.14. The van der Waals surface area contributed by atoms with Crippen molar-refractivity contribution in [3.05, 3.63) is 66.0 Å². The standard InChI is InChI=1S/C17H19N5O/c18-16(10-14-4-2-1-3-5-14)22(17(19)11-21-13-23)12-15-6-8-20-9-7-15/h1-9,13,18-19H,10-12H2,(H,21,23). The molecule has 0 aliphatic rings. The Hall–Kier alpha value is -3.02. The predicted molar refractivity (Wildman–Crippen MR) is 89.4 cm³/mol. The average Bonchev–Trinajstić information content (AvgIpc) is 2.59. The number of carbonyl (C=O) groups is 1. The SMILES string of the molecule is N=C(CNC=O)N(Cc1ccncc1)C(=N)Cc1ccccc1. The quantitative estimate of drug-likeness (QED) is 0.414. The second kappa shape index (κ2) is 8.43. The average molecular weight is 309 g/mol. The van der Waals surface area contributed by atoms with Crippen LogP contribution in [0.2, 0.25) is 0 Å². The highest BCUT2D eigenvalue weighted by molar-refractivity contribution is 6.00. The van der Waals surface area contributed by atoms with Crippen molar-refractivity contribution in [2.24, 2.45) is 0 Å². The molecule has 6 nitrogen and oxygen atoms in total. The summed E-state index contributed by atoms with van der Waals surface area (Å²) in [5.74, 6) is 0.487. The minimum Gasteiger partial charge on any atom is -0.351 e. The van der Waals surface area contributed by atoms with E-state index < -0.39 is 0 Å². The normalized spacial score (nSPS) is 9.91. The summed E-state index contributed by atoms with van der Waals surface area (Å²) in [7, 11) is 0. The lowest BCUT2D eigenvalue weighted by molar-refractivity contribution is -0.109. The molecule has 118 valence electrons. The zero-order valence-electron chi connectivity index (χ0n) is 12.7. The van der Waals surface area contributed by atoms with E-state index in [1.54, 1.807) is 17.3 Å². The number of rotatable bonds is 7. The van der Waals surface area contributed by atoms with Crippen LogP contribution in [0.15, 0.2) is 54.9 Å². The summed E-state index contributed by atoms with van der Waals surface area (Å²) < 4.78 is 0. The number of amidine groups is 2. The molecule has 0 aliphatic carbocycles. The molecular formula is C17H19N5O. The van der Waals surface area contributed by atoms with Crippen LogP contribution in [0.4, 0.5) is 0 Å². The topological polar surface area (TPSA) is 92.9 Å². The molecule has 0 fully saturated rings. The molecule has 0 radical (unpaired) electrons. The molecule has 1 aromatic carbocycles. The number of carbonyl (C=O) groups excluding carboxylic acids is 1. The molecule has 0 bridgehead atoms. The number of nitrogens with zero attached hydrogens (tertiary/aromatic N) is 2. The van der Waals surface area contributed by atoms with Crippen molar-refractivity contribution in [1.29, 1.82) is 10.8 Å². The number of benzene rings is 1. The Balaban J connectivity index is 2.13. The van der Waals surface area contributed by atoms with E-state index in [2.05, 4.69) is 10.3 Å². The zero-order valence-corrected chi connectivity index (χ0v) is 12.7. The third-order valence-corrected chi connectivity index (χ3v) is 3.31. The highest BCUT2D eigenvalue weighted by atomic mass is 16.1. The molecule has 0 atom stereocenters. The van der Waals surface area contributed by atoms with E-state index in [-0.39, 0.29) is 12.4 Å². The van der Waals surface area contributed by atoms with Crippen molar-refractivity contribution in [1.82, 2.24) is 15.2 Å². The molecule has 23 heavy (non-hydrogen) atoms. The predicted octanol–water partition coefficient (Wildman–Crippen LogP) is 1.83. The minimum atomic E-state index is 0.0890. The lowest BCUT2D eigenvalue weighted by Gasteiger charge is -2.26. The molecular weight excluding hydrogens is 290 g/mol. The first-order valence-corrected chi connectivity index (χ1v) is 7.23. The summed E-state index contributed by atoms with van der Waals surface area (Å²) in [4.78, 5) is 16.0. The summed E-state index contributed by atoms with van der Waals surface area (Å²) in [6.45, 7) is 0.485. The van der Waals surface area contributed by atoms with Gasteiger partial charge in [0.25, 0.3) is 0 Å². The van der Waals surface area contributed by atoms with Crippen molar-refractivity contribution in [2.45, 2.75) is 13.0 Å². The van der Waals surface area contributed by atoms with Crippen molar-refractivity contribution in [3.8, 4) is 0 Å². The highest BCUT2D eigenvalue weighted by Gasteiger charge is 2.16. The van der Waals surface area contributed by atoms with E-state index in [0.29, 0.717) is 25.2 Å². The fraction of sp³-hybridized carbons (Fsp3) is 0.176. The molecule has 3 N–H and O–H groups in total. The smallest absolute Gasteiger partial charge is 0.207 e. The number of hydrogen-bond donors (Lipinski definition) is 3. The number of amides is 1. The Morgan fingerprint density at radius 3 is 2.39 bits per heavy atom.